The van der Waals surface area contributed by atoms with E-state index in [4.69, 9.17) is 10.5 Å². The number of hydrogen-bond donors (Lipinski definition) is 2. The molecule has 1 rings (SSSR count). The maximum absolute atomic E-state index is 11.2. The molecule has 0 fully saturated rings. The monoisotopic (exact) mass is 222 g/mol. The number of anilines is 1. The van der Waals surface area contributed by atoms with Gasteiger partial charge >= 0.3 is 0 Å². The van der Waals surface area contributed by atoms with Crippen molar-refractivity contribution in [2.24, 2.45) is 5.73 Å². The Balaban J connectivity index is 2.87. The molecule has 0 bridgehead atoms. The van der Waals surface area contributed by atoms with Crippen molar-refractivity contribution >= 4 is 11.6 Å². The molecule has 1 aromatic carbocycles. The first kappa shape index (κ1) is 12.5. The van der Waals surface area contributed by atoms with Gasteiger partial charge in [-0.2, -0.15) is 0 Å². The second kappa shape index (κ2) is 6.12. The van der Waals surface area contributed by atoms with Crippen LogP contribution in [0.2, 0.25) is 0 Å². The number of primary amides is 1. The molecule has 3 N–H and O–H groups in total. The molecule has 0 spiro atoms. The van der Waals surface area contributed by atoms with Crippen molar-refractivity contribution in [2.45, 2.75) is 13.3 Å². The third-order valence-electron chi connectivity index (χ3n) is 2.38. The van der Waals surface area contributed by atoms with Gasteiger partial charge in [0.1, 0.15) is 0 Å². The lowest BCUT2D eigenvalue weighted by Gasteiger charge is -2.11. The first-order valence-electron chi connectivity index (χ1n) is 5.34. The molecule has 0 heterocycles. The van der Waals surface area contributed by atoms with Gasteiger partial charge in [0.2, 0.25) is 0 Å². The lowest BCUT2D eigenvalue weighted by Crippen LogP contribution is -2.16. The van der Waals surface area contributed by atoms with E-state index >= 15 is 0 Å². The van der Waals surface area contributed by atoms with Crippen molar-refractivity contribution in [3.63, 3.8) is 0 Å². The predicted octanol–water partition coefficient (Wildman–Crippen LogP) is 1.41. The fraction of sp³-hybridized carbons (Fsp3) is 0.417. The molecule has 0 aliphatic heterocycles. The third kappa shape index (κ3) is 3.24. The average molecular weight is 222 g/mol. The van der Waals surface area contributed by atoms with Crippen LogP contribution in [0.15, 0.2) is 18.2 Å². The minimum absolute atomic E-state index is 0.414. The van der Waals surface area contributed by atoms with Crippen molar-refractivity contribution in [1.82, 2.24) is 0 Å². The summed E-state index contributed by atoms with van der Waals surface area (Å²) in [5, 5.41) is 3.14. The van der Waals surface area contributed by atoms with Gasteiger partial charge in [-0.15, -0.1) is 0 Å². The quantitative estimate of drug-likeness (QED) is 0.715. The Hall–Kier alpha value is -1.55. The molecule has 4 heteroatoms. The molecule has 0 aliphatic rings. The molecule has 0 radical (unpaired) electrons. The summed E-state index contributed by atoms with van der Waals surface area (Å²) in [6.45, 7) is 3.32. The molecule has 0 atom stereocenters. The number of rotatable bonds is 6. The van der Waals surface area contributed by atoms with E-state index in [2.05, 4.69) is 12.2 Å². The predicted molar refractivity (Wildman–Crippen MR) is 64.7 cm³/mol. The standard InChI is InChI=1S/C12H18N2O2/c1-3-9-4-5-10(12(13)15)11(8-9)14-6-7-16-2/h4-5,8,14H,3,6-7H2,1-2H3,(H2,13,15). The van der Waals surface area contributed by atoms with Gasteiger partial charge in [-0.1, -0.05) is 13.0 Å². The van der Waals surface area contributed by atoms with E-state index in [1.54, 1.807) is 13.2 Å². The first-order valence-corrected chi connectivity index (χ1v) is 5.34. The maximum atomic E-state index is 11.2. The highest BCUT2D eigenvalue weighted by Crippen LogP contribution is 2.17. The summed E-state index contributed by atoms with van der Waals surface area (Å²) in [7, 11) is 1.64. The van der Waals surface area contributed by atoms with Crippen LogP contribution in [-0.2, 0) is 11.2 Å². The van der Waals surface area contributed by atoms with Gasteiger partial charge in [-0.3, -0.25) is 4.79 Å². The van der Waals surface area contributed by atoms with Crippen LogP contribution in [0, 0.1) is 0 Å². The Kier molecular flexibility index (Phi) is 4.79. The molecule has 1 aromatic rings. The molecular weight excluding hydrogens is 204 g/mol. The van der Waals surface area contributed by atoms with Crippen molar-refractivity contribution in [2.75, 3.05) is 25.6 Å². The first-order chi connectivity index (χ1) is 7.69. The minimum atomic E-state index is -0.414. The lowest BCUT2D eigenvalue weighted by atomic mass is 10.1. The number of aryl methyl sites for hydroxylation is 1. The number of methoxy groups -OCH3 is 1. The molecule has 0 aliphatic carbocycles. The SMILES string of the molecule is CCc1ccc(C(N)=O)c(NCCOC)c1. The van der Waals surface area contributed by atoms with Gasteiger partial charge in [0.25, 0.3) is 5.91 Å². The van der Waals surface area contributed by atoms with E-state index < -0.39 is 5.91 Å². The summed E-state index contributed by atoms with van der Waals surface area (Å²) in [6, 6.07) is 5.63. The van der Waals surface area contributed by atoms with Crippen molar-refractivity contribution < 1.29 is 9.53 Å². The highest BCUT2D eigenvalue weighted by Gasteiger charge is 2.07. The molecule has 0 unspecified atom stereocenters. The summed E-state index contributed by atoms with van der Waals surface area (Å²) in [6.07, 6.45) is 0.929. The zero-order chi connectivity index (χ0) is 12.0. The van der Waals surface area contributed by atoms with Crippen LogP contribution >= 0.6 is 0 Å². The maximum Gasteiger partial charge on any atom is 0.250 e. The second-order valence-corrected chi connectivity index (χ2v) is 3.52. The van der Waals surface area contributed by atoms with Crippen molar-refractivity contribution in [3.8, 4) is 0 Å². The smallest absolute Gasteiger partial charge is 0.250 e. The Bertz CT molecular complexity index is 364. The highest BCUT2D eigenvalue weighted by atomic mass is 16.5. The molecule has 4 nitrogen and oxygen atoms in total. The van der Waals surface area contributed by atoms with E-state index in [0.29, 0.717) is 18.7 Å². The number of nitrogens with two attached hydrogens (primary N) is 1. The Labute approximate surface area is 95.8 Å². The molecule has 16 heavy (non-hydrogen) atoms. The molecule has 88 valence electrons. The molecule has 0 aromatic heterocycles. The average Bonchev–Trinajstić information content (AvgIpc) is 2.29. The largest absolute Gasteiger partial charge is 0.383 e. The number of carbonyl (C=O) groups is 1. The van der Waals surface area contributed by atoms with E-state index in [-0.39, 0.29) is 0 Å². The summed E-state index contributed by atoms with van der Waals surface area (Å²) in [4.78, 5) is 11.2. The zero-order valence-electron chi connectivity index (χ0n) is 9.75. The highest BCUT2D eigenvalue weighted by molar-refractivity contribution is 5.98. The number of benzene rings is 1. The fourth-order valence-electron chi connectivity index (χ4n) is 1.46. The van der Waals surface area contributed by atoms with E-state index in [0.717, 1.165) is 12.1 Å². The summed E-state index contributed by atoms with van der Waals surface area (Å²) in [5.74, 6) is -0.414. The summed E-state index contributed by atoms with van der Waals surface area (Å²) >= 11 is 0. The number of carbonyl (C=O) groups excluding carboxylic acids is 1. The molecule has 0 saturated heterocycles. The Morgan fingerprint density at radius 2 is 2.25 bits per heavy atom. The normalized spacial score (nSPS) is 10.1. The summed E-state index contributed by atoms with van der Waals surface area (Å²) < 4.78 is 4.94. The zero-order valence-corrected chi connectivity index (χ0v) is 9.75. The minimum Gasteiger partial charge on any atom is -0.383 e. The third-order valence-corrected chi connectivity index (χ3v) is 2.38. The number of nitrogens with one attached hydrogen (secondary N) is 1. The van der Waals surface area contributed by atoms with Crippen LogP contribution in [0.5, 0.6) is 0 Å². The van der Waals surface area contributed by atoms with E-state index in [9.17, 15) is 4.79 Å². The number of hydrogen-bond acceptors (Lipinski definition) is 3. The van der Waals surface area contributed by atoms with E-state index in [1.807, 2.05) is 12.1 Å². The van der Waals surface area contributed by atoms with Crippen LogP contribution in [0.3, 0.4) is 0 Å². The molecule has 0 saturated carbocycles. The number of amides is 1. The van der Waals surface area contributed by atoms with Crippen LogP contribution in [-0.4, -0.2) is 26.2 Å². The van der Waals surface area contributed by atoms with Crippen LogP contribution < -0.4 is 11.1 Å². The second-order valence-electron chi connectivity index (χ2n) is 3.52. The van der Waals surface area contributed by atoms with Crippen molar-refractivity contribution in [1.29, 1.82) is 0 Å². The van der Waals surface area contributed by atoms with Crippen LogP contribution in [0.1, 0.15) is 22.8 Å². The van der Waals surface area contributed by atoms with Gasteiger partial charge in [0.15, 0.2) is 0 Å². The van der Waals surface area contributed by atoms with Gasteiger partial charge in [-0.25, -0.2) is 0 Å². The Morgan fingerprint density at radius 1 is 1.50 bits per heavy atom. The Morgan fingerprint density at radius 3 is 2.81 bits per heavy atom. The summed E-state index contributed by atoms with van der Waals surface area (Å²) in [5.41, 5.74) is 7.77. The van der Waals surface area contributed by atoms with Gasteiger partial charge in [0, 0.05) is 19.3 Å². The van der Waals surface area contributed by atoms with Crippen LogP contribution in [0.25, 0.3) is 0 Å². The topological polar surface area (TPSA) is 64.4 Å². The van der Waals surface area contributed by atoms with Gasteiger partial charge in [-0.05, 0) is 24.1 Å². The lowest BCUT2D eigenvalue weighted by molar-refractivity contribution is 0.100. The molecular formula is C12H18N2O2. The fourth-order valence-corrected chi connectivity index (χ4v) is 1.46. The molecule has 1 amide bonds. The van der Waals surface area contributed by atoms with Gasteiger partial charge in [0.05, 0.1) is 12.2 Å². The van der Waals surface area contributed by atoms with Crippen molar-refractivity contribution in [3.05, 3.63) is 29.3 Å². The van der Waals surface area contributed by atoms with Crippen LogP contribution in [0.4, 0.5) is 5.69 Å². The van der Waals surface area contributed by atoms with Gasteiger partial charge < -0.3 is 15.8 Å². The number of ether oxygens (including phenoxy) is 1. The van der Waals surface area contributed by atoms with E-state index in [1.165, 1.54) is 5.56 Å².